The van der Waals surface area contributed by atoms with Crippen molar-refractivity contribution in [1.29, 1.82) is 0 Å². The number of aliphatic hydroxyl groups is 1. The van der Waals surface area contributed by atoms with Crippen molar-refractivity contribution in [3.63, 3.8) is 0 Å². The predicted octanol–water partition coefficient (Wildman–Crippen LogP) is 2.81. The van der Waals surface area contributed by atoms with E-state index in [1.54, 1.807) is 13.4 Å². The van der Waals surface area contributed by atoms with Crippen LogP contribution in [-0.2, 0) is 6.54 Å². The number of aliphatic hydroxyl groups excluding tert-OH is 1. The molecule has 108 valence electrons. The van der Waals surface area contributed by atoms with Gasteiger partial charge in [-0.1, -0.05) is 11.6 Å². The Morgan fingerprint density at radius 2 is 2.15 bits per heavy atom. The second kappa shape index (κ2) is 6.59. The third-order valence-corrected chi connectivity index (χ3v) is 3.36. The average Bonchev–Trinajstić information content (AvgIpc) is 2.97. The molecule has 2 rings (SSSR count). The van der Waals surface area contributed by atoms with E-state index in [0.29, 0.717) is 12.3 Å². The van der Waals surface area contributed by atoms with Gasteiger partial charge >= 0.3 is 0 Å². The Morgan fingerprint density at radius 1 is 1.35 bits per heavy atom. The predicted molar refractivity (Wildman–Crippen MR) is 77.7 cm³/mol. The van der Waals surface area contributed by atoms with Gasteiger partial charge in [-0.25, -0.2) is 0 Å². The van der Waals surface area contributed by atoms with E-state index in [9.17, 15) is 5.11 Å². The summed E-state index contributed by atoms with van der Waals surface area (Å²) in [7, 11) is 1.61. The maximum Gasteiger partial charge on any atom is 0.124 e. The Morgan fingerprint density at radius 3 is 2.80 bits per heavy atom. The second-order valence-corrected chi connectivity index (χ2v) is 4.94. The Hall–Kier alpha value is -1.78. The van der Waals surface area contributed by atoms with Gasteiger partial charge in [0.25, 0.3) is 0 Å². The molecule has 0 radical (unpaired) electrons. The van der Waals surface area contributed by atoms with Crippen LogP contribution in [0.1, 0.15) is 29.9 Å². The molecule has 0 saturated carbocycles. The van der Waals surface area contributed by atoms with Gasteiger partial charge in [-0.2, -0.15) is 0 Å². The molecule has 4 heteroatoms. The van der Waals surface area contributed by atoms with Gasteiger partial charge in [0.1, 0.15) is 11.5 Å². The highest BCUT2D eigenvalue weighted by Crippen LogP contribution is 2.28. The molecule has 2 unspecified atom stereocenters. The quantitative estimate of drug-likeness (QED) is 0.851. The van der Waals surface area contributed by atoms with Crippen LogP contribution in [0, 0.1) is 6.92 Å². The van der Waals surface area contributed by atoms with E-state index in [1.807, 2.05) is 44.2 Å². The zero-order chi connectivity index (χ0) is 14.5. The number of methoxy groups -OCH3 is 1. The number of hydrogen-bond donors (Lipinski definition) is 2. The molecule has 1 heterocycles. The Labute approximate surface area is 119 Å². The third-order valence-electron chi connectivity index (χ3n) is 3.36. The molecule has 4 nitrogen and oxygen atoms in total. The van der Waals surface area contributed by atoms with Crippen molar-refractivity contribution < 1.29 is 14.3 Å². The van der Waals surface area contributed by atoms with Crippen LogP contribution in [0.3, 0.4) is 0 Å². The lowest BCUT2D eigenvalue weighted by atomic mass is 10.0. The SMILES string of the molecule is COc1ccc(C)cc1C(O)C(C)NCc1ccco1. The lowest BCUT2D eigenvalue weighted by Gasteiger charge is -2.22. The fourth-order valence-electron chi connectivity index (χ4n) is 2.14. The van der Waals surface area contributed by atoms with Crippen LogP contribution >= 0.6 is 0 Å². The molecule has 0 amide bonds. The first-order valence-corrected chi connectivity index (χ1v) is 6.70. The van der Waals surface area contributed by atoms with Crippen molar-refractivity contribution in [3.05, 3.63) is 53.5 Å². The summed E-state index contributed by atoms with van der Waals surface area (Å²) in [6, 6.07) is 9.44. The van der Waals surface area contributed by atoms with Crippen molar-refractivity contribution in [2.24, 2.45) is 0 Å². The van der Waals surface area contributed by atoms with E-state index in [1.165, 1.54) is 0 Å². The first-order chi connectivity index (χ1) is 9.61. The third kappa shape index (κ3) is 3.40. The number of benzene rings is 1. The largest absolute Gasteiger partial charge is 0.496 e. The van der Waals surface area contributed by atoms with Gasteiger partial charge in [0, 0.05) is 11.6 Å². The smallest absolute Gasteiger partial charge is 0.124 e. The molecule has 2 aromatic rings. The molecular weight excluding hydrogens is 254 g/mol. The summed E-state index contributed by atoms with van der Waals surface area (Å²) in [6.45, 7) is 4.52. The average molecular weight is 275 g/mol. The second-order valence-electron chi connectivity index (χ2n) is 4.94. The minimum absolute atomic E-state index is 0.115. The molecule has 0 saturated heterocycles. The normalized spacial score (nSPS) is 14.0. The molecule has 2 N–H and O–H groups in total. The first kappa shape index (κ1) is 14.6. The maximum atomic E-state index is 10.5. The van der Waals surface area contributed by atoms with Crippen LogP contribution < -0.4 is 10.1 Å². The lowest BCUT2D eigenvalue weighted by Crippen LogP contribution is -2.31. The van der Waals surface area contributed by atoms with Crippen molar-refractivity contribution in [1.82, 2.24) is 5.32 Å². The number of furan rings is 1. The first-order valence-electron chi connectivity index (χ1n) is 6.70. The monoisotopic (exact) mass is 275 g/mol. The molecule has 0 spiro atoms. The van der Waals surface area contributed by atoms with Gasteiger partial charge in [-0.15, -0.1) is 0 Å². The summed E-state index contributed by atoms with van der Waals surface area (Å²) in [5, 5.41) is 13.7. The Bertz CT molecular complexity index is 537. The van der Waals surface area contributed by atoms with Crippen molar-refractivity contribution >= 4 is 0 Å². The van der Waals surface area contributed by atoms with Crippen LogP contribution in [0.25, 0.3) is 0 Å². The molecule has 20 heavy (non-hydrogen) atoms. The van der Waals surface area contributed by atoms with Gasteiger partial charge in [0.2, 0.25) is 0 Å². The number of nitrogens with one attached hydrogen (secondary N) is 1. The minimum atomic E-state index is -0.639. The minimum Gasteiger partial charge on any atom is -0.496 e. The maximum absolute atomic E-state index is 10.5. The van der Waals surface area contributed by atoms with Crippen LogP contribution in [0.4, 0.5) is 0 Å². The lowest BCUT2D eigenvalue weighted by molar-refractivity contribution is 0.131. The molecule has 0 aliphatic heterocycles. The zero-order valence-corrected chi connectivity index (χ0v) is 12.1. The highest BCUT2D eigenvalue weighted by atomic mass is 16.5. The Kier molecular flexibility index (Phi) is 4.82. The van der Waals surface area contributed by atoms with Gasteiger partial charge in [-0.05, 0) is 38.1 Å². The van der Waals surface area contributed by atoms with Crippen LogP contribution in [0.5, 0.6) is 5.75 Å². The molecule has 0 aliphatic carbocycles. The van der Waals surface area contributed by atoms with Crippen molar-refractivity contribution in [2.75, 3.05) is 7.11 Å². The summed E-state index contributed by atoms with van der Waals surface area (Å²) >= 11 is 0. The van der Waals surface area contributed by atoms with Crippen molar-refractivity contribution in [3.8, 4) is 5.75 Å². The fraction of sp³-hybridized carbons (Fsp3) is 0.375. The van der Waals surface area contributed by atoms with E-state index in [-0.39, 0.29) is 6.04 Å². The molecule has 2 atom stereocenters. The standard InChI is InChI=1S/C16H21NO3/c1-11-6-7-15(19-3)14(9-11)16(18)12(2)17-10-13-5-4-8-20-13/h4-9,12,16-18H,10H2,1-3H3. The number of rotatable bonds is 6. The molecule has 1 aromatic heterocycles. The van der Waals surface area contributed by atoms with E-state index in [4.69, 9.17) is 9.15 Å². The van der Waals surface area contributed by atoms with E-state index < -0.39 is 6.10 Å². The summed E-state index contributed by atoms with van der Waals surface area (Å²) in [6.07, 6.45) is 1.00. The van der Waals surface area contributed by atoms with Gasteiger partial charge in [0.05, 0.1) is 26.0 Å². The fourth-order valence-corrected chi connectivity index (χ4v) is 2.14. The van der Waals surface area contributed by atoms with E-state index in [0.717, 1.165) is 16.9 Å². The topological polar surface area (TPSA) is 54.6 Å². The Balaban J connectivity index is 2.05. The van der Waals surface area contributed by atoms with E-state index in [2.05, 4.69) is 5.32 Å². The molecular formula is C16H21NO3. The zero-order valence-electron chi connectivity index (χ0n) is 12.1. The number of ether oxygens (including phenoxy) is 1. The van der Waals surface area contributed by atoms with Gasteiger partial charge < -0.3 is 19.6 Å². The molecule has 1 aromatic carbocycles. The highest BCUT2D eigenvalue weighted by molar-refractivity contribution is 5.39. The van der Waals surface area contributed by atoms with Gasteiger partial charge in [-0.3, -0.25) is 0 Å². The summed E-state index contributed by atoms with van der Waals surface area (Å²) in [5.41, 5.74) is 1.89. The molecule has 0 aliphatic rings. The van der Waals surface area contributed by atoms with Crippen LogP contribution in [0.15, 0.2) is 41.0 Å². The summed E-state index contributed by atoms with van der Waals surface area (Å²) in [5.74, 6) is 1.55. The van der Waals surface area contributed by atoms with Crippen molar-refractivity contribution in [2.45, 2.75) is 32.5 Å². The summed E-state index contributed by atoms with van der Waals surface area (Å²) in [4.78, 5) is 0. The number of aryl methyl sites for hydroxylation is 1. The van der Waals surface area contributed by atoms with Gasteiger partial charge in [0.15, 0.2) is 0 Å². The molecule has 0 fully saturated rings. The molecule has 0 bridgehead atoms. The summed E-state index contributed by atoms with van der Waals surface area (Å²) < 4.78 is 10.6. The van der Waals surface area contributed by atoms with Crippen LogP contribution in [-0.4, -0.2) is 18.3 Å². The highest BCUT2D eigenvalue weighted by Gasteiger charge is 2.20. The van der Waals surface area contributed by atoms with Crippen LogP contribution in [0.2, 0.25) is 0 Å². The van der Waals surface area contributed by atoms with E-state index >= 15 is 0 Å². The number of hydrogen-bond acceptors (Lipinski definition) is 4.